The first-order valence-corrected chi connectivity index (χ1v) is 26.4. The molecule has 0 saturated heterocycles. The highest BCUT2D eigenvalue weighted by Gasteiger charge is 2.25. The molecule has 480 valence electrons. The van der Waals surface area contributed by atoms with E-state index < -0.39 is 115 Å². The minimum Gasteiger partial charge on any atom is -0.468 e. The molecule has 0 amide bonds. The van der Waals surface area contributed by atoms with Crippen molar-refractivity contribution in [2.75, 3.05) is 165 Å². The molecule has 0 rings (SSSR count). The van der Waals surface area contributed by atoms with Gasteiger partial charge in [-0.05, 0) is 25.1 Å². The van der Waals surface area contributed by atoms with E-state index in [1.807, 2.05) is 6.92 Å². The Hall–Kier alpha value is -6.86. The van der Waals surface area contributed by atoms with Crippen LogP contribution >= 0.6 is 0 Å². The molecule has 0 aromatic rings. The lowest BCUT2D eigenvalue weighted by Gasteiger charge is -2.23. The highest BCUT2D eigenvalue weighted by molar-refractivity contribution is 5.97. The number of aliphatic hydroxyl groups excluding tert-OH is 4. The van der Waals surface area contributed by atoms with Crippen LogP contribution in [-0.4, -0.2) is 285 Å². The predicted octanol–water partition coefficient (Wildman–Crippen LogP) is -7.63. The number of hydrogen-bond acceptors (Lipinski definition) is 33. The predicted molar refractivity (Wildman–Crippen MR) is 294 cm³/mol. The molecule has 0 aliphatic rings. The number of ketones is 4. The zero-order chi connectivity index (χ0) is 63.9. The molecular weight excluding hydrogens is 1120 g/mol. The summed E-state index contributed by atoms with van der Waals surface area (Å²) >= 11 is 0. The van der Waals surface area contributed by atoms with Crippen LogP contribution in [0.2, 0.25) is 0 Å². The van der Waals surface area contributed by atoms with Crippen molar-refractivity contribution in [2.24, 2.45) is 22.9 Å². The molecule has 0 heterocycles. The van der Waals surface area contributed by atoms with E-state index in [-0.39, 0.29) is 124 Å². The fourth-order valence-electron chi connectivity index (χ4n) is 5.85. The van der Waals surface area contributed by atoms with E-state index in [2.05, 4.69) is 20.7 Å². The molecule has 0 spiro atoms. The molecule has 0 aliphatic heterocycles. The molecule has 33 nitrogen and oxygen atoms in total. The molecule has 0 saturated carbocycles. The third-order valence-corrected chi connectivity index (χ3v) is 10.2. The number of aliphatic hydroxyl groups is 4. The molecule has 0 aliphatic carbocycles. The summed E-state index contributed by atoms with van der Waals surface area (Å²) in [5, 5.41) is 44.0. The zero-order valence-corrected chi connectivity index (χ0v) is 47.9. The van der Waals surface area contributed by atoms with Crippen LogP contribution in [0.1, 0.15) is 32.6 Å². The average Bonchev–Trinajstić information content (AvgIpc) is 3.50. The standard InChI is InChI=1S/C28H52N6O12.C21H27NO12.C2H8N2/c1-3-6-31-22(28(42)43-2)17-27(41)46-14-11-34(9-12-44-25(39)15-20(23(37)18-35)32-7-4-29)10-13-45-26(40)16-21(24(38)19-36)33-8-5-30;1-31-18(27)6-7-21(30)34-13-10-22(8-11-32-19(28)4-2-16(25)14-23)9-12-33-20(29)5-3-17(26)15-24;3-1-2-4/h20-22,31-33,35-36H,3-19,29-30H2,1-2H3;2-7,23-24H,8-15H2,1H3;1-4H2/b;4-2-,5-3-,7-6-;. The van der Waals surface area contributed by atoms with Crippen molar-refractivity contribution < 1.29 is 116 Å². The van der Waals surface area contributed by atoms with Crippen LogP contribution in [0.25, 0.3) is 0 Å². The van der Waals surface area contributed by atoms with Crippen molar-refractivity contribution in [3.63, 3.8) is 0 Å². The number of nitrogens with one attached hydrogen (secondary N) is 3. The molecule has 0 aromatic carbocycles. The second kappa shape index (κ2) is 55.3. The maximum Gasteiger partial charge on any atom is 0.331 e. The van der Waals surface area contributed by atoms with Crippen molar-refractivity contribution in [1.82, 2.24) is 25.8 Å². The summed E-state index contributed by atoms with van der Waals surface area (Å²) in [7, 11) is 2.37. The van der Waals surface area contributed by atoms with E-state index >= 15 is 0 Å². The van der Waals surface area contributed by atoms with Crippen LogP contribution < -0.4 is 38.9 Å². The summed E-state index contributed by atoms with van der Waals surface area (Å²) in [5.41, 5.74) is 20.7. The minimum absolute atomic E-state index is 0.103. The van der Waals surface area contributed by atoms with Crippen LogP contribution in [0.15, 0.2) is 36.5 Å². The normalized spacial score (nSPS) is 12.0. The first-order chi connectivity index (χ1) is 40.2. The van der Waals surface area contributed by atoms with Crippen molar-refractivity contribution in [1.29, 1.82) is 0 Å². The van der Waals surface area contributed by atoms with Gasteiger partial charge in [0.15, 0.2) is 23.1 Å². The van der Waals surface area contributed by atoms with Crippen molar-refractivity contribution in [2.45, 2.75) is 50.7 Å². The van der Waals surface area contributed by atoms with Gasteiger partial charge in [-0.15, -0.1) is 0 Å². The number of methoxy groups -OCH3 is 2. The van der Waals surface area contributed by atoms with Crippen molar-refractivity contribution >= 4 is 70.9 Å². The van der Waals surface area contributed by atoms with Gasteiger partial charge in [-0.2, -0.15) is 0 Å². The Bertz CT molecular complexity index is 1820. The van der Waals surface area contributed by atoms with Gasteiger partial charge in [0.05, 0.1) is 45.6 Å². The molecular formula is C51H87N9O24. The van der Waals surface area contributed by atoms with E-state index in [0.717, 1.165) is 50.0 Å². The van der Waals surface area contributed by atoms with Gasteiger partial charge in [0.25, 0.3) is 0 Å². The fraction of sp³-hybridized carbons (Fsp3) is 0.647. The molecule has 33 heteroatoms. The molecule has 0 bridgehead atoms. The van der Waals surface area contributed by atoms with Gasteiger partial charge in [0.2, 0.25) is 0 Å². The summed E-state index contributed by atoms with van der Waals surface area (Å²) < 4.78 is 39.6. The summed E-state index contributed by atoms with van der Waals surface area (Å²) in [5.74, 6) is -8.31. The third-order valence-electron chi connectivity index (χ3n) is 10.2. The lowest BCUT2D eigenvalue weighted by atomic mass is 10.1. The second-order valence-electron chi connectivity index (χ2n) is 16.7. The van der Waals surface area contributed by atoms with Crippen LogP contribution in [-0.2, 0) is 95.4 Å². The number of Topliss-reactive ketones (excluding diaryl/α,β-unsaturated/α-hetero) is 2. The number of carbonyl (C=O) groups excluding carboxylic acids is 12. The zero-order valence-electron chi connectivity index (χ0n) is 47.9. The van der Waals surface area contributed by atoms with Crippen LogP contribution in [0, 0.1) is 0 Å². The molecule has 0 radical (unpaired) electrons. The van der Waals surface area contributed by atoms with Crippen molar-refractivity contribution in [3.05, 3.63) is 36.5 Å². The first-order valence-electron chi connectivity index (χ1n) is 26.4. The highest BCUT2D eigenvalue weighted by atomic mass is 16.6. The Kier molecular flexibility index (Phi) is 53.6. The number of nitrogens with two attached hydrogens (primary N) is 4. The fourth-order valence-corrected chi connectivity index (χ4v) is 5.85. The van der Waals surface area contributed by atoms with Gasteiger partial charge in [-0.1, -0.05) is 6.92 Å². The number of ether oxygens (including phenoxy) is 8. The molecule has 15 N–H and O–H groups in total. The Labute approximate surface area is 486 Å². The summed E-state index contributed by atoms with van der Waals surface area (Å²) in [6.07, 6.45) is 5.08. The Balaban J connectivity index is -0.00000152. The maximum atomic E-state index is 12.4. The lowest BCUT2D eigenvalue weighted by molar-refractivity contribution is -0.151. The number of rotatable bonds is 47. The monoisotopic (exact) mass is 1210 g/mol. The highest BCUT2D eigenvalue weighted by Crippen LogP contribution is 2.03. The van der Waals surface area contributed by atoms with E-state index in [4.69, 9.17) is 76.5 Å². The molecule has 0 fully saturated rings. The molecule has 3 atom stereocenters. The van der Waals surface area contributed by atoms with E-state index in [9.17, 15) is 57.5 Å². The second-order valence-corrected chi connectivity index (χ2v) is 16.7. The van der Waals surface area contributed by atoms with E-state index in [0.29, 0.717) is 19.6 Å². The SMILES string of the molecule is CCCNC(CC(=O)OCCN(CCOC(=O)CC(NCCN)C(=O)CO)CCOC(=O)CC(NCCN)C(=O)CO)C(=O)OC.COC(=O)/C=C\C(=O)OCCN(CCOC(=O)/C=C\C(=O)CO)CCOC(=O)/C=C\C(=O)CO.NCCN. The Morgan fingerprint density at radius 3 is 1.00 bits per heavy atom. The van der Waals surface area contributed by atoms with Gasteiger partial charge in [-0.3, -0.25) is 48.2 Å². The average molecular weight is 1210 g/mol. The van der Waals surface area contributed by atoms with Crippen LogP contribution in [0.4, 0.5) is 0 Å². The van der Waals surface area contributed by atoms with Crippen molar-refractivity contribution in [3.8, 4) is 0 Å². The van der Waals surface area contributed by atoms with E-state index in [1.165, 1.54) is 7.11 Å². The van der Waals surface area contributed by atoms with Crippen LogP contribution in [0.3, 0.4) is 0 Å². The number of hydrogen-bond donors (Lipinski definition) is 11. The number of carbonyl (C=O) groups is 12. The van der Waals surface area contributed by atoms with Crippen LogP contribution in [0.5, 0.6) is 0 Å². The summed E-state index contributed by atoms with van der Waals surface area (Å²) in [6, 6.07) is -2.79. The minimum atomic E-state index is -0.961. The topological polar surface area (TPSA) is 506 Å². The molecule has 3 unspecified atom stereocenters. The van der Waals surface area contributed by atoms with E-state index in [1.54, 1.807) is 9.80 Å². The summed E-state index contributed by atoms with van der Waals surface area (Å²) in [6.45, 7) is 1.64. The summed E-state index contributed by atoms with van der Waals surface area (Å²) in [4.78, 5) is 144. The number of nitrogens with zero attached hydrogens (tertiary/aromatic N) is 2. The third kappa shape index (κ3) is 47.6. The maximum absolute atomic E-state index is 12.4. The van der Waals surface area contributed by atoms with Gasteiger partial charge in [0, 0.05) is 103 Å². The quantitative estimate of drug-likeness (QED) is 0.0153. The number of esters is 8. The lowest BCUT2D eigenvalue weighted by Crippen LogP contribution is -2.43. The van der Waals surface area contributed by atoms with Gasteiger partial charge in [-0.25, -0.2) is 19.2 Å². The van der Waals surface area contributed by atoms with Gasteiger partial charge >= 0.3 is 47.8 Å². The Morgan fingerprint density at radius 2 is 0.714 bits per heavy atom. The largest absolute Gasteiger partial charge is 0.468 e. The van der Waals surface area contributed by atoms with Gasteiger partial charge < -0.3 is 97.2 Å². The smallest absolute Gasteiger partial charge is 0.331 e. The first kappa shape index (κ1) is 81.4. The van der Waals surface area contributed by atoms with Gasteiger partial charge in [0.1, 0.15) is 72.1 Å². The molecule has 84 heavy (non-hydrogen) atoms. The molecule has 0 aromatic heterocycles. The Morgan fingerprint density at radius 1 is 0.405 bits per heavy atom.